The number of unbranched alkanes of at least 4 members (excludes halogenated alkanes) is 1. The van der Waals surface area contributed by atoms with Crippen LogP contribution in [0, 0.1) is 0 Å². The summed E-state index contributed by atoms with van der Waals surface area (Å²) < 4.78 is 106. The molecule has 24 heavy (non-hydrogen) atoms. The minimum Gasteiger partial charge on any atom is -0.463 e. The van der Waals surface area contributed by atoms with Gasteiger partial charge in [0.05, 0.1) is 6.61 Å². The van der Waals surface area contributed by atoms with Gasteiger partial charge in [0.1, 0.15) is 0 Å². The van der Waals surface area contributed by atoms with Crippen LogP contribution in [0.3, 0.4) is 0 Å². The molecule has 0 saturated heterocycles. The highest BCUT2D eigenvalue weighted by Gasteiger charge is 2.74. The number of ether oxygens (including phenoxy) is 1. The molecule has 0 heterocycles. The van der Waals surface area contributed by atoms with Gasteiger partial charge in [-0.05, 0) is 31.4 Å². The number of hydrogen-bond donors (Lipinski definition) is 0. The van der Waals surface area contributed by atoms with E-state index in [9.17, 15) is 39.9 Å². The van der Waals surface area contributed by atoms with Gasteiger partial charge in [-0.15, -0.1) is 0 Å². The Bertz CT molecular complexity index is 491. The molecule has 0 aliphatic rings. The number of hydrogen-bond acceptors (Lipinski definition) is 2. The average molecular weight is 368 g/mol. The number of esters is 1. The van der Waals surface area contributed by atoms with E-state index in [1.165, 1.54) is 6.92 Å². The van der Waals surface area contributed by atoms with E-state index in [0.29, 0.717) is 12.5 Å². The second kappa shape index (κ2) is 8.48. The summed E-state index contributed by atoms with van der Waals surface area (Å²) >= 11 is 0. The van der Waals surface area contributed by atoms with Gasteiger partial charge in [0.2, 0.25) is 0 Å². The highest BCUT2D eigenvalue weighted by molar-refractivity contribution is 5.83. The fraction of sp³-hybridized carbons (Fsp3) is 0.643. The van der Waals surface area contributed by atoms with Crippen molar-refractivity contribution in [2.45, 2.75) is 51.1 Å². The van der Waals surface area contributed by atoms with Crippen molar-refractivity contribution in [2.24, 2.45) is 0 Å². The fourth-order valence-corrected chi connectivity index (χ4v) is 1.48. The first-order valence-corrected chi connectivity index (χ1v) is 6.88. The third kappa shape index (κ3) is 5.48. The van der Waals surface area contributed by atoms with Crippen molar-refractivity contribution < 1.29 is 44.7 Å². The molecule has 0 aromatic heterocycles. The summed E-state index contributed by atoms with van der Waals surface area (Å²) in [4.78, 5) is 11.2. The van der Waals surface area contributed by atoms with Crippen molar-refractivity contribution in [3.05, 3.63) is 23.6 Å². The summed E-state index contributed by atoms with van der Waals surface area (Å²) in [6.45, 7) is 2.99. The van der Waals surface area contributed by atoms with E-state index < -0.39 is 35.4 Å². The highest BCUT2D eigenvalue weighted by atomic mass is 19.4. The van der Waals surface area contributed by atoms with Gasteiger partial charge < -0.3 is 4.74 Å². The van der Waals surface area contributed by atoms with Gasteiger partial charge in [-0.2, -0.15) is 30.7 Å². The van der Waals surface area contributed by atoms with Crippen molar-refractivity contribution >= 4 is 5.97 Å². The van der Waals surface area contributed by atoms with Crippen molar-refractivity contribution in [3.8, 4) is 0 Å². The summed E-state index contributed by atoms with van der Waals surface area (Å²) in [5.41, 5.74) is -0.481. The molecule has 140 valence electrons. The number of alkyl halides is 7. The Morgan fingerprint density at radius 2 is 1.54 bits per heavy atom. The van der Waals surface area contributed by atoms with Gasteiger partial charge in [0.15, 0.2) is 5.83 Å². The minimum atomic E-state index is -6.64. The normalized spacial score (nSPS) is 14.8. The molecular weight excluding hydrogens is 352 g/mol. The van der Waals surface area contributed by atoms with Crippen LogP contribution in [0.1, 0.15) is 33.1 Å². The lowest BCUT2D eigenvalue weighted by Crippen LogP contribution is -2.52. The van der Waals surface area contributed by atoms with Gasteiger partial charge in [-0.25, -0.2) is 9.18 Å². The van der Waals surface area contributed by atoms with Gasteiger partial charge in [-0.1, -0.05) is 13.3 Å². The third-order valence-corrected chi connectivity index (χ3v) is 2.77. The SMILES string of the molecule is CCCCC(=C/C(=O)OCC)/C=C(\F)C(F)(F)C(F)(F)C(F)(F)F. The van der Waals surface area contributed by atoms with Crippen LogP contribution in [-0.2, 0) is 9.53 Å². The van der Waals surface area contributed by atoms with Gasteiger partial charge in [0, 0.05) is 6.08 Å². The molecule has 0 rings (SSSR count). The summed E-state index contributed by atoms with van der Waals surface area (Å²) in [5.74, 6) is -16.7. The van der Waals surface area contributed by atoms with Crippen LogP contribution in [0.4, 0.5) is 35.1 Å². The Morgan fingerprint density at radius 1 is 1.00 bits per heavy atom. The average Bonchev–Trinajstić information content (AvgIpc) is 2.43. The highest BCUT2D eigenvalue weighted by Crippen LogP contribution is 2.50. The van der Waals surface area contributed by atoms with Crippen molar-refractivity contribution in [2.75, 3.05) is 6.61 Å². The first-order valence-electron chi connectivity index (χ1n) is 6.88. The maximum Gasteiger partial charge on any atom is 0.460 e. The molecule has 10 heteroatoms. The van der Waals surface area contributed by atoms with Crippen LogP contribution in [0.15, 0.2) is 23.6 Å². The monoisotopic (exact) mass is 368 g/mol. The molecule has 0 unspecified atom stereocenters. The minimum absolute atomic E-state index is 0.0924. The van der Waals surface area contributed by atoms with Crippen LogP contribution in [0.2, 0.25) is 0 Å². The topological polar surface area (TPSA) is 26.3 Å². The number of halogens is 8. The van der Waals surface area contributed by atoms with E-state index in [2.05, 4.69) is 4.74 Å². The van der Waals surface area contributed by atoms with Crippen LogP contribution in [-0.4, -0.2) is 30.6 Å². The Labute approximate surface area is 133 Å². The summed E-state index contributed by atoms with van der Waals surface area (Å²) in [7, 11) is 0. The standard InChI is InChI=1S/C14H16F8O2/c1-3-5-6-9(8-11(23)24-4-2)7-10(15)12(16,17)13(18,19)14(20,21)22/h7-8H,3-6H2,1-2H3/b9-8-,10-7-. The molecule has 0 amide bonds. The molecule has 0 radical (unpaired) electrons. The molecule has 0 fully saturated rings. The molecule has 0 atom stereocenters. The predicted octanol–water partition coefficient (Wildman–Crippen LogP) is 5.35. The van der Waals surface area contributed by atoms with E-state index >= 15 is 0 Å². The van der Waals surface area contributed by atoms with Crippen LogP contribution in [0.25, 0.3) is 0 Å². The maximum atomic E-state index is 13.5. The zero-order chi connectivity index (χ0) is 19.2. The fourth-order valence-electron chi connectivity index (χ4n) is 1.48. The summed E-state index contributed by atoms with van der Waals surface area (Å²) in [6.07, 6.45) is -5.71. The molecule has 0 aliphatic heterocycles. The molecule has 0 saturated carbocycles. The summed E-state index contributed by atoms with van der Waals surface area (Å²) in [5, 5.41) is 0. The lowest BCUT2D eigenvalue weighted by Gasteiger charge is -2.27. The predicted molar refractivity (Wildman–Crippen MR) is 69.4 cm³/mol. The lowest BCUT2D eigenvalue weighted by atomic mass is 10.0. The first-order chi connectivity index (χ1) is 10.8. The van der Waals surface area contributed by atoms with Gasteiger partial charge >= 0.3 is 24.0 Å². The number of carbonyl (C=O) groups excluding carboxylic acids is 1. The van der Waals surface area contributed by atoms with Gasteiger partial charge in [-0.3, -0.25) is 0 Å². The Kier molecular flexibility index (Phi) is 7.91. The first kappa shape index (κ1) is 22.4. The smallest absolute Gasteiger partial charge is 0.460 e. The van der Waals surface area contributed by atoms with Crippen molar-refractivity contribution in [1.29, 1.82) is 0 Å². The second-order valence-corrected chi connectivity index (χ2v) is 4.71. The van der Waals surface area contributed by atoms with Crippen LogP contribution >= 0.6 is 0 Å². The molecule has 2 nitrogen and oxygen atoms in total. The van der Waals surface area contributed by atoms with Crippen molar-refractivity contribution in [1.82, 2.24) is 0 Å². The molecule has 0 spiro atoms. The molecule has 0 aromatic rings. The number of carbonyl (C=O) groups is 1. The van der Waals surface area contributed by atoms with Crippen LogP contribution in [0.5, 0.6) is 0 Å². The van der Waals surface area contributed by atoms with Crippen LogP contribution < -0.4 is 0 Å². The summed E-state index contributed by atoms with van der Waals surface area (Å²) in [6, 6.07) is 0. The largest absolute Gasteiger partial charge is 0.463 e. The lowest BCUT2D eigenvalue weighted by molar-refractivity contribution is -0.347. The molecule has 0 bridgehead atoms. The molecule has 0 aliphatic carbocycles. The third-order valence-electron chi connectivity index (χ3n) is 2.77. The Balaban J connectivity index is 5.72. The maximum absolute atomic E-state index is 13.5. The number of rotatable bonds is 8. The molecule has 0 aromatic carbocycles. The van der Waals surface area contributed by atoms with Gasteiger partial charge in [0.25, 0.3) is 0 Å². The Hall–Kier alpha value is -1.61. The molecular formula is C14H16F8O2. The van der Waals surface area contributed by atoms with E-state index in [4.69, 9.17) is 0 Å². The quantitative estimate of drug-likeness (QED) is 0.250. The van der Waals surface area contributed by atoms with E-state index in [0.717, 1.165) is 0 Å². The Morgan fingerprint density at radius 3 is 1.96 bits per heavy atom. The van der Waals surface area contributed by atoms with E-state index in [-0.39, 0.29) is 25.5 Å². The molecule has 0 N–H and O–H groups in total. The van der Waals surface area contributed by atoms with Crippen molar-refractivity contribution in [3.63, 3.8) is 0 Å². The van der Waals surface area contributed by atoms with E-state index in [1.807, 2.05) is 0 Å². The zero-order valence-electron chi connectivity index (χ0n) is 12.8. The van der Waals surface area contributed by atoms with E-state index in [1.54, 1.807) is 6.92 Å². The number of allylic oxidation sites excluding steroid dienone is 3. The zero-order valence-corrected chi connectivity index (χ0v) is 12.8. The second-order valence-electron chi connectivity index (χ2n) is 4.71.